The average molecular weight is 231 g/mol. The Kier molecular flexibility index (Phi) is 2.66. The van der Waals surface area contributed by atoms with Crippen LogP contribution in [0.25, 0.3) is 11.2 Å². The highest BCUT2D eigenvalue weighted by molar-refractivity contribution is 5.80. The van der Waals surface area contributed by atoms with E-state index in [0.717, 1.165) is 23.6 Å². The third-order valence-corrected chi connectivity index (χ3v) is 3.68. The minimum atomic E-state index is 0.467. The van der Waals surface area contributed by atoms with Crippen LogP contribution in [0.4, 0.5) is 5.82 Å². The summed E-state index contributed by atoms with van der Waals surface area (Å²) in [5.41, 5.74) is 7.34. The lowest BCUT2D eigenvalue weighted by Gasteiger charge is -2.09. The second-order valence-corrected chi connectivity index (χ2v) is 4.81. The van der Waals surface area contributed by atoms with Gasteiger partial charge in [-0.25, -0.2) is 15.0 Å². The molecule has 0 aliphatic heterocycles. The standard InChI is InChI=1S/C12H17N5/c13-11-10-12(15-7-14-11)17(8-16-10)6-5-9-3-1-2-4-9/h7-9H,1-6H2,(H2,13,14,15). The van der Waals surface area contributed by atoms with Gasteiger partial charge >= 0.3 is 0 Å². The normalized spacial score (nSPS) is 16.9. The van der Waals surface area contributed by atoms with E-state index in [-0.39, 0.29) is 0 Å². The summed E-state index contributed by atoms with van der Waals surface area (Å²) in [6, 6.07) is 0. The van der Waals surface area contributed by atoms with Crippen LogP contribution < -0.4 is 5.73 Å². The van der Waals surface area contributed by atoms with Gasteiger partial charge < -0.3 is 10.3 Å². The van der Waals surface area contributed by atoms with Crippen LogP contribution in [0.3, 0.4) is 0 Å². The molecule has 0 spiro atoms. The summed E-state index contributed by atoms with van der Waals surface area (Å²) in [5, 5.41) is 0. The minimum Gasteiger partial charge on any atom is -0.382 e. The molecule has 0 aromatic carbocycles. The first kappa shape index (κ1) is 10.5. The highest BCUT2D eigenvalue weighted by atomic mass is 15.1. The topological polar surface area (TPSA) is 69.6 Å². The average Bonchev–Trinajstić information content (AvgIpc) is 2.95. The molecule has 2 N–H and O–H groups in total. The number of imidazole rings is 1. The van der Waals surface area contributed by atoms with Crippen molar-refractivity contribution in [1.82, 2.24) is 19.5 Å². The van der Waals surface area contributed by atoms with E-state index >= 15 is 0 Å². The fourth-order valence-electron chi connectivity index (χ4n) is 2.68. The molecule has 3 rings (SSSR count). The fraction of sp³-hybridized carbons (Fsp3) is 0.583. The Hall–Kier alpha value is -1.65. The van der Waals surface area contributed by atoms with Gasteiger partial charge in [0.1, 0.15) is 11.8 Å². The smallest absolute Gasteiger partial charge is 0.165 e. The monoisotopic (exact) mass is 231 g/mol. The summed E-state index contributed by atoms with van der Waals surface area (Å²) < 4.78 is 2.09. The molecule has 1 saturated carbocycles. The molecule has 5 heteroatoms. The third kappa shape index (κ3) is 1.97. The van der Waals surface area contributed by atoms with Gasteiger partial charge in [-0.2, -0.15) is 0 Å². The molecule has 1 aliphatic rings. The van der Waals surface area contributed by atoms with Crippen LogP contribution in [0, 0.1) is 5.92 Å². The Balaban J connectivity index is 1.78. The second-order valence-electron chi connectivity index (χ2n) is 4.81. The Morgan fingerprint density at radius 1 is 1.24 bits per heavy atom. The minimum absolute atomic E-state index is 0.467. The number of aromatic nitrogens is 4. The van der Waals surface area contributed by atoms with Gasteiger partial charge in [-0.05, 0) is 12.3 Å². The van der Waals surface area contributed by atoms with Crippen LogP contribution in [-0.4, -0.2) is 19.5 Å². The SMILES string of the molecule is Nc1ncnc2c1ncn2CCC1CCCC1. The molecular formula is C12H17N5. The van der Waals surface area contributed by atoms with E-state index in [9.17, 15) is 0 Å². The predicted octanol–water partition coefficient (Wildman–Crippen LogP) is 1.99. The summed E-state index contributed by atoms with van der Waals surface area (Å²) in [4.78, 5) is 12.5. The van der Waals surface area contributed by atoms with Gasteiger partial charge in [0.25, 0.3) is 0 Å². The van der Waals surface area contributed by atoms with Crippen molar-refractivity contribution in [2.45, 2.75) is 38.6 Å². The fourth-order valence-corrected chi connectivity index (χ4v) is 2.68. The lowest BCUT2D eigenvalue weighted by Crippen LogP contribution is -2.03. The number of nitrogen functional groups attached to an aromatic ring is 1. The number of rotatable bonds is 3. The largest absolute Gasteiger partial charge is 0.382 e. The van der Waals surface area contributed by atoms with Crippen LogP contribution in [0.1, 0.15) is 32.1 Å². The number of hydrogen-bond donors (Lipinski definition) is 1. The van der Waals surface area contributed by atoms with Gasteiger partial charge in [-0.15, -0.1) is 0 Å². The maximum Gasteiger partial charge on any atom is 0.165 e. The quantitative estimate of drug-likeness (QED) is 0.877. The molecular weight excluding hydrogens is 214 g/mol. The number of nitrogens with zero attached hydrogens (tertiary/aromatic N) is 4. The molecule has 0 atom stereocenters. The van der Waals surface area contributed by atoms with Crippen LogP contribution in [0.5, 0.6) is 0 Å². The van der Waals surface area contributed by atoms with Gasteiger partial charge in [0.15, 0.2) is 11.5 Å². The maximum atomic E-state index is 5.76. The van der Waals surface area contributed by atoms with Crippen LogP contribution in [0.2, 0.25) is 0 Å². The summed E-state index contributed by atoms with van der Waals surface area (Å²) >= 11 is 0. The Morgan fingerprint density at radius 2 is 2.06 bits per heavy atom. The Bertz CT molecular complexity index is 513. The van der Waals surface area contributed by atoms with Gasteiger partial charge in [-0.3, -0.25) is 0 Å². The van der Waals surface area contributed by atoms with E-state index in [1.165, 1.54) is 38.4 Å². The Labute approximate surface area is 100 Å². The third-order valence-electron chi connectivity index (χ3n) is 3.68. The molecule has 5 nitrogen and oxygen atoms in total. The molecule has 0 radical (unpaired) electrons. The molecule has 1 aliphatic carbocycles. The van der Waals surface area contributed by atoms with Crippen molar-refractivity contribution < 1.29 is 0 Å². The number of hydrogen-bond acceptors (Lipinski definition) is 4. The summed E-state index contributed by atoms with van der Waals surface area (Å²) in [7, 11) is 0. The van der Waals surface area contributed by atoms with Gasteiger partial charge in [0.2, 0.25) is 0 Å². The first-order valence-corrected chi connectivity index (χ1v) is 6.26. The van der Waals surface area contributed by atoms with Crippen LogP contribution >= 0.6 is 0 Å². The van der Waals surface area contributed by atoms with E-state index < -0.39 is 0 Å². The highest BCUT2D eigenvalue weighted by Gasteiger charge is 2.15. The summed E-state index contributed by atoms with van der Waals surface area (Å²) in [6.45, 7) is 0.984. The van der Waals surface area contributed by atoms with Crippen LogP contribution in [0.15, 0.2) is 12.7 Å². The zero-order chi connectivity index (χ0) is 11.7. The molecule has 17 heavy (non-hydrogen) atoms. The van der Waals surface area contributed by atoms with Crippen LogP contribution in [-0.2, 0) is 6.54 Å². The molecule has 0 unspecified atom stereocenters. The molecule has 0 bridgehead atoms. The molecule has 2 aromatic rings. The summed E-state index contributed by atoms with van der Waals surface area (Å²) in [6.07, 6.45) is 10.1. The van der Waals surface area contributed by atoms with E-state index in [0.29, 0.717) is 5.82 Å². The van der Waals surface area contributed by atoms with E-state index in [2.05, 4.69) is 19.5 Å². The number of anilines is 1. The molecule has 0 amide bonds. The molecule has 90 valence electrons. The van der Waals surface area contributed by atoms with Gasteiger partial charge in [-0.1, -0.05) is 25.7 Å². The van der Waals surface area contributed by atoms with Crippen molar-refractivity contribution in [1.29, 1.82) is 0 Å². The first-order valence-electron chi connectivity index (χ1n) is 6.26. The van der Waals surface area contributed by atoms with E-state index in [1.807, 2.05) is 6.33 Å². The predicted molar refractivity (Wildman–Crippen MR) is 66.3 cm³/mol. The molecule has 0 saturated heterocycles. The molecule has 2 heterocycles. The lowest BCUT2D eigenvalue weighted by molar-refractivity contribution is 0.461. The lowest BCUT2D eigenvalue weighted by atomic mass is 10.0. The van der Waals surface area contributed by atoms with E-state index in [4.69, 9.17) is 5.73 Å². The highest BCUT2D eigenvalue weighted by Crippen LogP contribution is 2.28. The number of aryl methyl sites for hydroxylation is 1. The van der Waals surface area contributed by atoms with Gasteiger partial charge in [0, 0.05) is 6.54 Å². The Morgan fingerprint density at radius 3 is 2.88 bits per heavy atom. The first-order chi connectivity index (χ1) is 8.34. The van der Waals surface area contributed by atoms with Crippen molar-refractivity contribution in [3.8, 4) is 0 Å². The van der Waals surface area contributed by atoms with Crippen molar-refractivity contribution in [2.75, 3.05) is 5.73 Å². The summed E-state index contributed by atoms with van der Waals surface area (Å²) in [5.74, 6) is 1.35. The number of nitrogens with two attached hydrogens (primary N) is 1. The van der Waals surface area contributed by atoms with Crippen molar-refractivity contribution in [3.63, 3.8) is 0 Å². The molecule has 1 fully saturated rings. The molecule has 2 aromatic heterocycles. The van der Waals surface area contributed by atoms with Crippen molar-refractivity contribution in [3.05, 3.63) is 12.7 Å². The van der Waals surface area contributed by atoms with Crippen molar-refractivity contribution in [2.24, 2.45) is 5.92 Å². The second kappa shape index (κ2) is 4.31. The van der Waals surface area contributed by atoms with Gasteiger partial charge in [0.05, 0.1) is 6.33 Å². The van der Waals surface area contributed by atoms with E-state index in [1.54, 1.807) is 0 Å². The number of fused-ring (bicyclic) bond motifs is 1. The maximum absolute atomic E-state index is 5.76. The zero-order valence-corrected chi connectivity index (χ0v) is 9.84. The van der Waals surface area contributed by atoms with Crippen molar-refractivity contribution >= 4 is 17.0 Å². The zero-order valence-electron chi connectivity index (χ0n) is 9.84.